The highest BCUT2D eigenvalue weighted by Crippen LogP contribution is 2.14. The van der Waals surface area contributed by atoms with Crippen molar-refractivity contribution in [1.82, 2.24) is 20.3 Å². The first kappa shape index (κ1) is 17.4. The molecule has 3 aromatic carbocycles. The molecule has 28 heavy (non-hydrogen) atoms. The maximum Gasteiger partial charge on any atom is 0.269 e. The number of nitrogens with zero attached hydrogens (tertiary/aromatic N) is 5. The first-order valence-electron chi connectivity index (χ1n) is 8.78. The molecule has 0 bridgehead atoms. The predicted molar refractivity (Wildman–Crippen MR) is 108 cm³/mol. The number of hydrogen-bond donors (Lipinski definition) is 1. The average molecular weight is 370 g/mol. The third-order valence-corrected chi connectivity index (χ3v) is 3.93. The third-order valence-electron chi connectivity index (χ3n) is 3.93. The number of aromatic nitrogens is 4. The molecule has 4 rings (SSSR count). The molecule has 0 saturated heterocycles. The van der Waals surface area contributed by atoms with Gasteiger partial charge in [0.15, 0.2) is 0 Å². The van der Waals surface area contributed by atoms with Crippen LogP contribution in [0.1, 0.15) is 11.1 Å². The Morgan fingerprint density at radius 3 is 2.36 bits per heavy atom. The van der Waals surface area contributed by atoms with Gasteiger partial charge in [-0.2, -0.15) is 5.10 Å². The molecule has 0 atom stereocenters. The first-order valence-corrected chi connectivity index (χ1v) is 8.78. The summed E-state index contributed by atoms with van der Waals surface area (Å²) in [7, 11) is 0. The zero-order chi connectivity index (χ0) is 19.0. The Morgan fingerprint density at radius 1 is 0.893 bits per heavy atom. The largest absolute Gasteiger partial charge is 0.489 e. The second-order valence-electron chi connectivity index (χ2n) is 5.97. The van der Waals surface area contributed by atoms with Crippen LogP contribution in [0.25, 0.3) is 0 Å². The Kier molecular flexibility index (Phi) is 5.34. The molecule has 0 spiro atoms. The van der Waals surface area contributed by atoms with Gasteiger partial charge < -0.3 is 10.1 Å². The van der Waals surface area contributed by atoms with E-state index < -0.39 is 0 Å². The van der Waals surface area contributed by atoms with Crippen molar-refractivity contribution in [2.45, 2.75) is 6.61 Å². The number of nitrogens with one attached hydrogen (secondary N) is 1. The van der Waals surface area contributed by atoms with Gasteiger partial charge in [-0.1, -0.05) is 58.4 Å². The van der Waals surface area contributed by atoms with Gasteiger partial charge >= 0.3 is 0 Å². The maximum absolute atomic E-state index is 5.79. The molecule has 0 radical (unpaired) electrons. The van der Waals surface area contributed by atoms with E-state index in [0.717, 1.165) is 22.6 Å². The molecule has 0 aliphatic heterocycles. The van der Waals surface area contributed by atoms with Crippen molar-refractivity contribution in [2.24, 2.45) is 5.10 Å². The van der Waals surface area contributed by atoms with E-state index in [1.165, 1.54) is 4.79 Å². The molecular weight excluding hydrogens is 352 g/mol. The molecule has 1 N–H and O–H groups in total. The van der Waals surface area contributed by atoms with Crippen LogP contribution in [0.3, 0.4) is 0 Å². The summed E-state index contributed by atoms with van der Waals surface area (Å²) in [4.78, 5) is 1.34. The number of para-hydroxylation sites is 1. The molecule has 7 heteroatoms. The fourth-order valence-electron chi connectivity index (χ4n) is 2.50. The summed E-state index contributed by atoms with van der Waals surface area (Å²) in [6.45, 7) is 0.535. The molecule has 4 aromatic rings. The van der Waals surface area contributed by atoms with E-state index >= 15 is 0 Å². The van der Waals surface area contributed by atoms with Crippen LogP contribution in [0.15, 0.2) is 90.0 Å². The van der Waals surface area contributed by atoms with E-state index in [2.05, 4.69) is 25.9 Å². The Labute approximate surface area is 162 Å². The second-order valence-corrected chi connectivity index (χ2v) is 5.97. The summed E-state index contributed by atoms with van der Waals surface area (Å²) >= 11 is 0. The van der Waals surface area contributed by atoms with Gasteiger partial charge in [-0.3, -0.25) is 0 Å². The van der Waals surface area contributed by atoms with E-state index in [9.17, 15) is 0 Å². The minimum Gasteiger partial charge on any atom is -0.489 e. The van der Waals surface area contributed by atoms with Crippen LogP contribution in [0.4, 0.5) is 11.6 Å². The highest BCUT2D eigenvalue weighted by atomic mass is 16.5. The Morgan fingerprint density at radius 2 is 1.61 bits per heavy atom. The lowest BCUT2D eigenvalue weighted by atomic mass is 10.2. The van der Waals surface area contributed by atoms with Crippen molar-refractivity contribution in [1.29, 1.82) is 0 Å². The van der Waals surface area contributed by atoms with Crippen LogP contribution >= 0.6 is 0 Å². The van der Waals surface area contributed by atoms with Crippen molar-refractivity contribution < 1.29 is 4.74 Å². The quantitative estimate of drug-likeness (QED) is 0.500. The number of ether oxygens (including phenoxy) is 1. The van der Waals surface area contributed by atoms with Gasteiger partial charge in [-0.05, 0) is 58.0 Å². The highest BCUT2D eigenvalue weighted by Gasteiger charge is 2.04. The molecule has 0 saturated carbocycles. The number of rotatable bonds is 7. The van der Waals surface area contributed by atoms with Crippen molar-refractivity contribution in [3.63, 3.8) is 0 Å². The Hall–Kier alpha value is -4.00. The minimum absolute atomic E-state index is 0.435. The average Bonchev–Trinajstić information content (AvgIpc) is 3.20. The summed E-state index contributed by atoms with van der Waals surface area (Å²) in [5, 5.41) is 18.9. The number of anilines is 2. The van der Waals surface area contributed by atoms with Crippen molar-refractivity contribution in [2.75, 3.05) is 5.32 Å². The fourth-order valence-corrected chi connectivity index (χ4v) is 2.50. The van der Waals surface area contributed by atoms with Crippen LogP contribution in [0.5, 0.6) is 5.75 Å². The lowest BCUT2D eigenvalue weighted by molar-refractivity contribution is 0.306. The number of benzene rings is 3. The number of tetrazole rings is 1. The van der Waals surface area contributed by atoms with E-state index in [1.54, 1.807) is 6.21 Å². The van der Waals surface area contributed by atoms with Crippen LogP contribution in [-0.4, -0.2) is 26.5 Å². The molecule has 0 aliphatic carbocycles. The maximum atomic E-state index is 5.79. The van der Waals surface area contributed by atoms with Gasteiger partial charge in [0, 0.05) is 5.69 Å². The van der Waals surface area contributed by atoms with Crippen LogP contribution in [0.2, 0.25) is 0 Å². The molecule has 0 amide bonds. The second kappa shape index (κ2) is 8.59. The Bertz CT molecular complexity index is 1030. The Balaban J connectivity index is 1.38. The van der Waals surface area contributed by atoms with E-state index in [1.807, 2.05) is 84.9 Å². The van der Waals surface area contributed by atoms with Crippen molar-refractivity contribution in [3.05, 3.63) is 96.1 Å². The normalized spacial score (nSPS) is 10.9. The zero-order valence-corrected chi connectivity index (χ0v) is 15.0. The van der Waals surface area contributed by atoms with E-state index in [-0.39, 0.29) is 0 Å². The SMILES string of the molecule is C(=N/n1nnnc1Nc1ccccc1)/c1ccc(OCc2ccccc2)cc1. The summed E-state index contributed by atoms with van der Waals surface area (Å²) in [6, 6.07) is 27.4. The van der Waals surface area contributed by atoms with E-state index in [0.29, 0.717) is 12.6 Å². The molecule has 0 unspecified atom stereocenters. The molecule has 7 nitrogen and oxygen atoms in total. The summed E-state index contributed by atoms with van der Waals surface area (Å²) in [6.07, 6.45) is 1.69. The smallest absolute Gasteiger partial charge is 0.269 e. The standard InChI is InChI=1S/C21H18N6O/c1-3-7-18(8-4-1)16-28-20-13-11-17(12-14-20)15-22-27-21(24-25-26-27)23-19-9-5-2-6-10-19/h1-15H,16H2,(H,23,24,26)/b22-15-. The predicted octanol–water partition coefficient (Wildman–Crippen LogP) is 3.88. The van der Waals surface area contributed by atoms with Gasteiger partial charge in [-0.25, -0.2) is 0 Å². The fraction of sp³-hybridized carbons (Fsp3) is 0.0476. The van der Waals surface area contributed by atoms with Crippen LogP contribution in [0, 0.1) is 0 Å². The minimum atomic E-state index is 0.435. The lowest BCUT2D eigenvalue weighted by Gasteiger charge is -2.06. The zero-order valence-electron chi connectivity index (χ0n) is 15.0. The van der Waals surface area contributed by atoms with Crippen molar-refractivity contribution >= 4 is 17.9 Å². The molecule has 0 fully saturated rings. The molecule has 1 heterocycles. The van der Waals surface area contributed by atoms with E-state index in [4.69, 9.17) is 4.74 Å². The van der Waals surface area contributed by atoms with Crippen molar-refractivity contribution in [3.8, 4) is 5.75 Å². The molecule has 138 valence electrons. The van der Waals surface area contributed by atoms with Gasteiger partial charge in [0.1, 0.15) is 12.4 Å². The topological polar surface area (TPSA) is 77.2 Å². The molecular formula is C21H18N6O. The lowest BCUT2D eigenvalue weighted by Crippen LogP contribution is -2.01. The number of hydrogen-bond acceptors (Lipinski definition) is 6. The highest BCUT2D eigenvalue weighted by molar-refractivity contribution is 5.79. The van der Waals surface area contributed by atoms with Gasteiger partial charge in [0.2, 0.25) is 0 Å². The molecule has 1 aromatic heterocycles. The van der Waals surface area contributed by atoms with Crippen LogP contribution in [-0.2, 0) is 6.61 Å². The summed E-state index contributed by atoms with van der Waals surface area (Å²) in [5.41, 5.74) is 2.92. The van der Waals surface area contributed by atoms with Gasteiger partial charge in [0.05, 0.1) is 6.21 Å². The van der Waals surface area contributed by atoms with Crippen LogP contribution < -0.4 is 10.1 Å². The van der Waals surface area contributed by atoms with Gasteiger partial charge in [0.25, 0.3) is 5.95 Å². The molecule has 0 aliphatic rings. The first-order chi connectivity index (χ1) is 13.9. The van der Waals surface area contributed by atoms with Gasteiger partial charge in [-0.15, -0.1) is 0 Å². The monoisotopic (exact) mass is 370 g/mol. The third kappa shape index (κ3) is 4.59. The summed E-state index contributed by atoms with van der Waals surface area (Å²) in [5.74, 6) is 1.24. The summed E-state index contributed by atoms with van der Waals surface area (Å²) < 4.78 is 5.79.